The van der Waals surface area contributed by atoms with Crippen molar-refractivity contribution in [3.05, 3.63) is 35.4 Å². The van der Waals surface area contributed by atoms with Gasteiger partial charge >= 0.3 is 6.09 Å². The van der Waals surface area contributed by atoms with E-state index in [1.165, 1.54) is 4.90 Å². The Hall–Kier alpha value is -2.61. The Morgan fingerprint density at radius 3 is 2.22 bits per heavy atom. The first-order valence-electron chi connectivity index (χ1n) is 11.0. The second-order valence-electron chi connectivity index (χ2n) is 9.97. The van der Waals surface area contributed by atoms with Gasteiger partial charge in [-0.3, -0.25) is 9.59 Å². The van der Waals surface area contributed by atoms with Crippen LogP contribution in [0.15, 0.2) is 24.3 Å². The predicted octanol–water partition coefficient (Wildman–Crippen LogP) is 3.08. The Bertz CT molecular complexity index is 796. The van der Waals surface area contributed by atoms with E-state index in [1.54, 1.807) is 26.8 Å². The third kappa shape index (κ3) is 8.86. The number of carbonyl (C=O) groups excluding carboxylic acids is 3. The normalized spacial score (nSPS) is 13.7. The zero-order valence-corrected chi connectivity index (χ0v) is 20.6. The SMILES string of the molecule is CCCN(C(=O)C(CO)NC(=O)OC(C)(C)C)C(C(=O)NC(C)(C)C)c1cccc(C)c1. The van der Waals surface area contributed by atoms with Crippen molar-refractivity contribution in [1.29, 1.82) is 0 Å². The maximum atomic E-state index is 13.5. The van der Waals surface area contributed by atoms with E-state index in [0.29, 0.717) is 12.0 Å². The van der Waals surface area contributed by atoms with Crippen LogP contribution in [0, 0.1) is 6.92 Å². The first-order chi connectivity index (χ1) is 14.7. The highest BCUT2D eigenvalue weighted by molar-refractivity contribution is 5.92. The van der Waals surface area contributed by atoms with Gasteiger partial charge in [0.25, 0.3) is 0 Å². The Kier molecular flexibility index (Phi) is 9.70. The van der Waals surface area contributed by atoms with Crippen LogP contribution in [-0.4, -0.2) is 58.2 Å². The third-order valence-corrected chi connectivity index (χ3v) is 4.34. The topological polar surface area (TPSA) is 108 Å². The quantitative estimate of drug-likeness (QED) is 0.565. The number of aryl methyl sites for hydroxylation is 1. The molecule has 2 unspecified atom stereocenters. The maximum Gasteiger partial charge on any atom is 0.408 e. The average Bonchev–Trinajstić information content (AvgIpc) is 2.62. The van der Waals surface area contributed by atoms with Gasteiger partial charge in [0.1, 0.15) is 17.7 Å². The van der Waals surface area contributed by atoms with Crippen molar-refractivity contribution >= 4 is 17.9 Å². The zero-order chi connectivity index (χ0) is 24.7. The van der Waals surface area contributed by atoms with Crippen LogP contribution in [0.4, 0.5) is 4.79 Å². The zero-order valence-electron chi connectivity index (χ0n) is 20.6. The van der Waals surface area contributed by atoms with Crippen LogP contribution in [0.1, 0.15) is 72.1 Å². The number of carbonyl (C=O) groups is 3. The van der Waals surface area contributed by atoms with E-state index < -0.39 is 41.8 Å². The summed E-state index contributed by atoms with van der Waals surface area (Å²) in [6.45, 7) is 14.2. The van der Waals surface area contributed by atoms with Gasteiger partial charge in [-0.05, 0) is 60.5 Å². The molecule has 180 valence electrons. The summed E-state index contributed by atoms with van der Waals surface area (Å²) in [4.78, 5) is 40.4. The highest BCUT2D eigenvalue weighted by Gasteiger charge is 2.36. The molecule has 0 aliphatic rings. The molecule has 0 heterocycles. The Labute approximate surface area is 191 Å². The number of alkyl carbamates (subject to hydrolysis) is 1. The molecule has 0 aromatic heterocycles. The second-order valence-corrected chi connectivity index (χ2v) is 9.97. The van der Waals surface area contributed by atoms with Gasteiger partial charge < -0.3 is 25.4 Å². The summed E-state index contributed by atoms with van der Waals surface area (Å²) in [6.07, 6.45) is -0.228. The van der Waals surface area contributed by atoms with Gasteiger partial charge in [-0.2, -0.15) is 0 Å². The average molecular weight is 450 g/mol. The number of hydrogen-bond acceptors (Lipinski definition) is 5. The standard InChI is InChI=1S/C24H39N3O5/c1-9-13-27(21(30)18(15-28)25-22(31)32-24(6,7)8)19(20(29)26-23(3,4)5)17-12-10-11-16(2)14-17/h10-12,14,18-19,28H,9,13,15H2,1-8H3,(H,25,31)(H,26,29). The monoisotopic (exact) mass is 449 g/mol. The van der Waals surface area contributed by atoms with Crippen LogP contribution in [0.5, 0.6) is 0 Å². The number of nitrogens with one attached hydrogen (secondary N) is 2. The van der Waals surface area contributed by atoms with Gasteiger partial charge in [-0.15, -0.1) is 0 Å². The number of ether oxygens (including phenoxy) is 1. The van der Waals surface area contributed by atoms with Crippen LogP contribution in [0.25, 0.3) is 0 Å². The van der Waals surface area contributed by atoms with Crippen molar-refractivity contribution in [1.82, 2.24) is 15.5 Å². The lowest BCUT2D eigenvalue weighted by Gasteiger charge is -2.35. The first kappa shape index (κ1) is 27.4. The smallest absolute Gasteiger partial charge is 0.408 e. The Morgan fingerprint density at radius 1 is 1.12 bits per heavy atom. The van der Waals surface area contributed by atoms with Crippen molar-refractivity contribution in [2.75, 3.05) is 13.2 Å². The van der Waals surface area contributed by atoms with E-state index >= 15 is 0 Å². The van der Waals surface area contributed by atoms with Gasteiger partial charge in [0, 0.05) is 12.1 Å². The fourth-order valence-electron chi connectivity index (χ4n) is 3.19. The minimum absolute atomic E-state index is 0.265. The second kappa shape index (κ2) is 11.3. The van der Waals surface area contributed by atoms with E-state index in [0.717, 1.165) is 5.56 Å². The molecule has 0 saturated carbocycles. The Morgan fingerprint density at radius 2 is 1.75 bits per heavy atom. The molecule has 0 spiro atoms. The largest absolute Gasteiger partial charge is 0.444 e. The molecule has 2 atom stereocenters. The van der Waals surface area contributed by atoms with E-state index in [-0.39, 0.29) is 12.5 Å². The lowest BCUT2D eigenvalue weighted by Crippen LogP contribution is -2.55. The maximum absolute atomic E-state index is 13.5. The number of amides is 3. The van der Waals surface area contributed by atoms with Gasteiger partial charge in [0.15, 0.2) is 0 Å². The van der Waals surface area contributed by atoms with Crippen LogP contribution in [0.3, 0.4) is 0 Å². The molecule has 0 aliphatic carbocycles. The van der Waals surface area contributed by atoms with E-state index in [9.17, 15) is 19.5 Å². The van der Waals surface area contributed by atoms with Crippen LogP contribution in [0.2, 0.25) is 0 Å². The van der Waals surface area contributed by atoms with Crippen molar-refractivity contribution in [3.63, 3.8) is 0 Å². The van der Waals surface area contributed by atoms with Crippen LogP contribution >= 0.6 is 0 Å². The molecular formula is C24H39N3O5. The number of aliphatic hydroxyl groups excluding tert-OH is 1. The van der Waals surface area contributed by atoms with Crippen molar-refractivity contribution in [3.8, 4) is 0 Å². The van der Waals surface area contributed by atoms with Gasteiger partial charge in [-0.25, -0.2) is 4.79 Å². The highest BCUT2D eigenvalue weighted by atomic mass is 16.6. The van der Waals surface area contributed by atoms with Gasteiger partial charge in [0.05, 0.1) is 6.61 Å². The fraction of sp³-hybridized carbons (Fsp3) is 0.625. The molecule has 0 bridgehead atoms. The van der Waals surface area contributed by atoms with Crippen molar-refractivity contribution in [2.45, 2.75) is 85.0 Å². The summed E-state index contributed by atoms with van der Waals surface area (Å²) in [7, 11) is 0. The van der Waals surface area contributed by atoms with E-state index in [2.05, 4.69) is 10.6 Å². The number of aliphatic hydroxyl groups is 1. The highest BCUT2D eigenvalue weighted by Crippen LogP contribution is 2.25. The molecule has 8 heteroatoms. The molecule has 0 radical (unpaired) electrons. The fourth-order valence-corrected chi connectivity index (χ4v) is 3.19. The van der Waals surface area contributed by atoms with E-state index in [1.807, 2.05) is 52.8 Å². The van der Waals surface area contributed by atoms with Crippen LogP contribution < -0.4 is 10.6 Å². The molecule has 1 aromatic carbocycles. The lowest BCUT2D eigenvalue weighted by molar-refractivity contribution is -0.143. The third-order valence-electron chi connectivity index (χ3n) is 4.34. The molecule has 1 aromatic rings. The molecule has 0 saturated heterocycles. The molecule has 8 nitrogen and oxygen atoms in total. The molecule has 3 amide bonds. The Balaban J connectivity index is 3.34. The number of nitrogens with zero attached hydrogens (tertiary/aromatic N) is 1. The first-order valence-corrected chi connectivity index (χ1v) is 11.0. The summed E-state index contributed by atoms with van der Waals surface area (Å²) in [5, 5.41) is 15.2. The number of benzene rings is 1. The van der Waals surface area contributed by atoms with Gasteiger partial charge in [-0.1, -0.05) is 36.8 Å². The van der Waals surface area contributed by atoms with E-state index in [4.69, 9.17) is 4.74 Å². The molecule has 0 aliphatic heterocycles. The van der Waals surface area contributed by atoms with Crippen LogP contribution in [-0.2, 0) is 14.3 Å². The summed E-state index contributed by atoms with van der Waals surface area (Å²) in [5.41, 5.74) is 0.339. The predicted molar refractivity (Wildman–Crippen MR) is 124 cm³/mol. The molecule has 1 rings (SSSR count). The van der Waals surface area contributed by atoms with Crippen molar-refractivity contribution in [2.24, 2.45) is 0 Å². The lowest BCUT2D eigenvalue weighted by atomic mass is 9.99. The van der Waals surface area contributed by atoms with Crippen molar-refractivity contribution < 1.29 is 24.2 Å². The number of rotatable bonds is 8. The summed E-state index contributed by atoms with van der Waals surface area (Å²) >= 11 is 0. The molecular weight excluding hydrogens is 410 g/mol. The molecule has 3 N–H and O–H groups in total. The minimum atomic E-state index is -1.24. The van der Waals surface area contributed by atoms with Gasteiger partial charge in [0.2, 0.25) is 11.8 Å². The molecule has 0 fully saturated rings. The summed E-state index contributed by atoms with van der Waals surface area (Å²) in [5.74, 6) is -0.894. The minimum Gasteiger partial charge on any atom is -0.444 e. The molecule has 32 heavy (non-hydrogen) atoms. The number of hydrogen-bond donors (Lipinski definition) is 3. The summed E-state index contributed by atoms with van der Waals surface area (Å²) in [6, 6.07) is 5.24. The summed E-state index contributed by atoms with van der Waals surface area (Å²) < 4.78 is 5.22.